The van der Waals surface area contributed by atoms with E-state index in [1.165, 1.54) is 6.08 Å². The Balaban J connectivity index is 0.00000289. The minimum Gasteiger partial charge on any atom is -0.545 e. The van der Waals surface area contributed by atoms with Crippen LogP contribution in [0, 0.1) is 5.92 Å². The van der Waals surface area contributed by atoms with Gasteiger partial charge in [0.1, 0.15) is 5.75 Å². The van der Waals surface area contributed by atoms with Gasteiger partial charge < -0.3 is 24.1 Å². The van der Waals surface area contributed by atoms with Crippen molar-refractivity contribution in [2.45, 2.75) is 38.0 Å². The molecule has 1 aliphatic heterocycles. The minimum atomic E-state index is -1.29. The van der Waals surface area contributed by atoms with Crippen LogP contribution in [0.1, 0.15) is 53.9 Å². The first-order valence-electron chi connectivity index (χ1n) is 10.5. The van der Waals surface area contributed by atoms with Crippen LogP contribution in [-0.4, -0.2) is 25.7 Å². The molecule has 1 aliphatic carbocycles. The summed E-state index contributed by atoms with van der Waals surface area (Å²) in [5.41, 5.74) is 1.57. The smallest absolute Gasteiger partial charge is 0.545 e. The summed E-state index contributed by atoms with van der Waals surface area (Å²) in [6.07, 6.45) is 5.51. The Bertz CT molecular complexity index is 998. The monoisotopic (exact) mass is 444 g/mol. The van der Waals surface area contributed by atoms with E-state index in [9.17, 15) is 14.7 Å². The fraction of sp³-hybridized carbons (Fsp3) is 0.360. The number of hydrogen-bond donors (Lipinski definition) is 0. The van der Waals surface area contributed by atoms with Crippen LogP contribution >= 0.6 is 0 Å². The Hall–Kier alpha value is -2.28. The number of aliphatic carboxylic acids is 1. The van der Waals surface area contributed by atoms with E-state index in [2.05, 4.69) is 0 Å². The zero-order valence-corrected chi connectivity index (χ0v) is 20.5. The minimum absolute atomic E-state index is 0. The Labute approximate surface area is 209 Å². The third kappa shape index (κ3) is 5.55. The average Bonchev–Trinajstić information content (AvgIpc) is 3.27. The first kappa shape index (κ1) is 24.4. The van der Waals surface area contributed by atoms with Crippen LogP contribution in [0.2, 0.25) is 0 Å². The van der Waals surface area contributed by atoms with Crippen molar-refractivity contribution in [3.63, 3.8) is 0 Å². The number of fused-ring (bicyclic) bond motifs is 1. The average molecular weight is 444 g/mol. The number of benzene rings is 2. The summed E-state index contributed by atoms with van der Waals surface area (Å²) in [5.74, 6) is 0.760. The molecule has 6 nitrogen and oxygen atoms in total. The summed E-state index contributed by atoms with van der Waals surface area (Å²) < 4.78 is 16.0. The second-order valence-corrected chi connectivity index (χ2v) is 8.02. The summed E-state index contributed by atoms with van der Waals surface area (Å²) in [5, 5.41) is 11.8. The van der Waals surface area contributed by atoms with Crippen LogP contribution in [0.15, 0.2) is 54.1 Å². The van der Waals surface area contributed by atoms with Gasteiger partial charge in [0.2, 0.25) is 6.79 Å². The van der Waals surface area contributed by atoms with Crippen LogP contribution in [-0.2, 0) is 4.79 Å². The molecule has 0 saturated heterocycles. The molecule has 0 radical (unpaired) electrons. The molecule has 7 heteroatoms. The molecule has 0 amide bonds. The van der Waals surface area contributed by atoms with E-state index in [-0.39, 0.29) is 59.5 Å². The summed E-state index contributed by atoms with van der Waals surface area (Å²) in [6, 6.07) is 12.5. The maximum Gasteiger partial charge on any atom is 1.00 e. The molecule has 4 rings (SSSR count). The predicted molar refractivity (Wildman–Crippen MR) is 112 cm³/mol. The van der Waals surface area contributed by atoms with Crippen LogP contribution in [0.3, 0.4) is 0 Å². The number of carboxylic acids is 1. The summed E-state index contributed by atoms with van der Waals surface area (Å²) >= 11 is 0. The number of carboxylic acid groups (broad SMARTS) is 1. The van der Waals surface area contributed by atoms with E-state index >= 15 is 0 Å². The van der Waals surface area contributed by atoms with Crippen LogP contribution in [0.5, 0.6) is 17.2 Å². The maximum absolute atomic E-state index is 12.6. The second kappa shape index (κ2) is 11.0. The Kier molecular flexibility index (Phi) is 8.40. The van der Waals surface area contributed by atoms with Crippen molar-refractivity contribution in [1.29, 1.82) is 0 Å². The topological polar surface area (TPSA) is 84.9 Å². The number of ether oxygens (including phenoxy) is 3. The third-order valence-corrected chi connectivity index (χ3v) is 6.16. The van der Waals surface area contributed by atoms with Crippen LogP contribution in [0.25, 0.3) is 0 Å². The van der Waals surface area contributed by atoms with E-state index in [0.29, 0.717) is 17.7 Å². The largest absolute Gasteiger partial charge is 1.00 e. The molecule has 1 saturated carbocycles. The molecular weight excluding hydrogens is 419 g/mol. The van der Waals surface area contributed by atoms with Crippen LogP contribution in [0.4, 0.5) is 0 Å². The van der Waals surface area contributed by atoms with Gasteiger partial charge in [0.05, 0.1) is 13.1 Å². The standard InChI is InChI=1S/C25H26O6.Na/c1-29-20-9-6-16(7-10-20)22(26)13-19(25(27)28)12-17-4-2-3-5-21(17)18-8-11-23-24(14-18)31-15-30-23;/h6-11,13-14,17,21H,2-5,12,15H2,1H3,(H,27,28);/q;+1/p-1. The van der Waals surface area contributed by atoms with E-state index in [0.717, 1.165) is 42.7 Å². The van der Waals surface area contributed by atoms with Gasteiger partial charge in [0.25, 0.3) is 0 Å². The Morgan fingerprint density at radius 3 is 2.50 bits per heavy atom. The number of carbonyl (C=O) groups excluding carboxylic acids is 2. The van der Waals surface area contributed by atoms with Gasteiger partial charge in [0.15, 0.2) is 17.3 Å². The summed E-state index contributed by atoms with van der Waals surface area (Å²) in [6.45, 7) is 0.220. The molecule has 32 heavy (non-hydrogen) atoms. The van der Waals surface area contributed by atoms with Gasteiger partial charge in [-0.15, -0.1) is 0 Å². The van der Waals surface area contributed by atoms with Crippen molar-refractivity contribution in [3.05, 3.63) is 65.2 Å². The Morgan fingerprint density at radius 1 is 1.06 bits per heavy atom. The van der Waals surface area contributed by atoms with E-state index in [1.807, 2.05) is 18.2 Å². The molecule has 0 bridgehead atoms. The zero-order chi connectivity index (χ0) is 21.8. The number of methoxy groups -OCH3 is 1. The number of hydrogen-bond acceptors (Lipinski definition) is 6. The van der Waals surface area contributed by atoms with Gasteiger partial charge in [-0.1, -0.05) is 18.9 Å². The van der Waals surface area contributed by atoms with Gasteiger partial charge in [0, 0.05) is 5.56 Å². The van der Waals surface area contributed by atoms with Gasteiger partial charge in [-0.3, -0.25) is 4.79 Å². The molecule has 1 heterocycles. The molecule has 2 aromatic rings. The normalized spacial score (nSPS) is 19.7. The number of carbonyl (C=O) groups is 2. The second-order valence-electron chi connectivity index (χ2n) is 8.02. The van der Waals surface area contributed by atoms with E-state index in [1.54, 1.807) is 31.4 Å². The zero-order valence-electron chi connectivity index (χ0n) is 18.5. The molecule has 2 aliphatic rings. The first-order valence-corrected chi connectivity index (χ1v) is 10.5. The van der Waals surface area contributed by atoms with Crippen molar-refractivity contribution in [3.8, 4) is 17.2 Å². The fourth-order valence-electron chi connectivity index (χ4n) is 4.52. The van der Waals surface area contributed by atoms with Crippen molar-refractivity contribution in [1.82, 2.24) is 0 Å². The van der Waals surface area contributed by atoms with Crippen molar-refractivity contribution >= 4 is 11.8 Å². The molecule has 0 N–H and O–H groups in total. The molecule has 2 atom stereocenters. The van der Waals surface area contributed by atoms with Gasteiger partial charge in [-0.25, -0.2) is 0 Å². The summed E-state index contributed by atoms with van der Waals surface area (Å²) in [7, 11) is 1.55. The third-order valence-electron chi connectivity index (χ3n) is 6.16. The maximum atomic E-state index is 12.6. The van der Waals surface area contributed by atoms with Crippen LogP contribution < -0.4 is 48.9 Å². The van der Waals surface area contributed by atoms with Gasteiger partial charge in [-0.2, -0.15) is 0 Å². The van der Waals surface area contributed by atoms with Crippen molar-refractivity contribution in [2.24, 2.45) is 5.92 Å². The molecular formula is C25H25NaO6. The molecule has 2 unspecified atom stereocenters. The quantitative estimate of drug-likeness (QED) is 0.354. The SMILES string of the molecule is COc1ccc(C(=O)C=C(CC2CCCCC2c2ccc3c(c2)OCO3)C(=O)[O-])cc1.[Na+]. The number of ketones is 1. The first-order chi connectivity index (χ1) is 15.0. The fourth-order valence-corrected chi connectivity index (χ4v) is 4.52. The molecule has 0 aromatic heterocycles. The molecule has 162 valence electrons. The number of allylic oxidation sites excluding steroid dienone is 1. The molecule has 2 aromatic carbocycles. The van der Waals surface area contributed by atoms with Crippen molar-refractivity contribution in [2.75, 3.05) is 13.9 Å². The molecule has 0 spiro atoms. The van der Waals surface area contributed by atoms with E-state index in [4.69, 9.17) is 14.2 Å². The van der Waals surface area contributed by atoms with Crippen molar-refractivity contribution < 1.29 is 58.5 Å². The predicted octanol–water partition coefficient (Wildman–Crippen LogP) is 0.651. The van der Waals surface area contributed by atoms with Gasteiger partial charge >= 0.3 is 29.6 Å². The summed E-state index contributed by atoms with van der Waals surface area (Å²) in [4.78, 5) is 24.5. The van der Waals surface area contributed by atoms with Gasteiger partial charge in [-0.05, 0) is 84.7 Å². The molecule has 1 fully saturated rings. The van der Waals surface area contributed by atoms with E-state index < -0.39 is 5.97 Å². The Morgan fingerprint density at radius 2 is 1.78 bits per heavy atom. The number of rotatable bonds is 7.